The predicted molar refractivity (Wildman–Crippen MR) is 80.5 cm³/mol. The Morgan fingerprint density at radius 1 is 1.16 bits per heavy atom. The van der Waals surface area contributed by atoms with Crippen LogP contribution in [0.25, 0.3) is 6.08 Å². The number of halogens is 1. The lowest BCUT2D eigenvalue weighted by atomic mass is 10.1. The molecule has 19 heavy (non-hydrogen) atoms. The molecule has 0 fully saturated rings. The lowest BCUT2D eigenvalue weighted by molar-refractivity contribution is 0.104. The molecule has 0 aliphatic carbocycles. The van der Waals surface area contributed by atoms with Crippen molar-refractivity contribution in [3.63, 3.8) is 0 Å². The summed E-state index contributed by atoms with van der Waals surface area (Å²) in [5.74, 6) is 0.711. The van der Waals surface area contributed by atoms with E-state index in [2.05, 4.69) is 15.9 Å². The highest BCUT2D eigenvalue weighted by Gasteiger charge is 2.03. The fourth-order valence-electron chi connectivity index (χ4n) is 1.70. The number of hydrogen-bond acceptors (Lipinski definition) is 2. The van der Waals surface area contributed by atoms with E-state index in [0.717, 1.165) is 15.8 Å². The molecule has 3 heteroatoms. The third-order valence-corrected chi connectivity index (χ3v) is 3.16. The molecule has 0 radical (unpaired) electrons. The van der Waals surface area contributed by atoms with Crippen LogP contribution in [0, 0.1) is 0 Å². The Morgan fingerprint density at radius 3 is 2.58 bits per heavy atom. The van der Waals surface area contributed by atoms with Crippen LogP contribution in [0.2, 0.25) is 0 Å². The number of methoxy groups -OCH3 is 1. The smallest absolute Gasteiger partial charge is 0.185 e. The van der Waals surface area contributed by atoms with Crippen molar-refractivity contribution in [1.82, 2.24) is 0 Å². The van der Waals surface area contributed by atoms with E-state index in [1.807, 2.05) is 36.4 Å². The molecule has 2 aromatic carbocycles. The molecule has 0 bridgehead atoms. The summed E-state index contributed by atoms with van der Waals surface area (Å²) in [6.45, 7) is 0. The maximum atomic E-state index is 12.0. The number of allylic oxidation sites excluding steroid dienone is 1. The molecule has 0 aliphatic heterocycles. The van der Waals surface area contributed by atoms with Crippen LogP contribution >= 0.6 is 15.9 Å². The van der Waals surface area contributed by atoms with E-state index in [4.69, 9.17) is 4.74 Å². The first kappa shape index (κ1) is 13.6. The van der Waals surface area contributed by atoms with Crippen molar-refractivity contribution >= 4 is 27.8 Å². The van der Waals surface area contributed by atoms with Gasteiger partial charge in [0, 0.05) is 15.6 Å². The van der Waals surface area contributed by atoms with Crippen LogP contribution in [0.4, 0.5) is 0 Å². The molecule has 0 N–H and O–H groups in total. The monoisotopic (exact) mass is 316 g/mol. The largest absolute Gasteiger partial charge is 0.496 e. The number of hydrogen-bond donors (Lipinski definition) is 0. The highest BCUT2D eigenvalue weighted by Crippen LogP contribution is 2.24. The van der Waals surface area contributed by atoms with E-state index in [9.17, 15) is 4.79 Å². The van der Waals surface area contributed by atoms with Crippen LogP contribution in [-0.2, 0) is 0 Å². The number of carbonyl (C=O) groups is 1. The quantitative estimate of drug-likeness (QED) is 0.619. The van der Waals surface area contributed by atoms with Gasteiger partial charge in [0.15, 0.2) is 5.78 Å². The summed E-state index contributed by atoms with van der Waals surface area (Å²) >= 11 is 3.40. The third kappa shape index (κ3) is 3.55. The van der Waals surface area contributed by atoms with Crippen molar-refractivity contribution in [3.05, 3.63) is 70.2 Å². The van der Waals surface area contributed by atoms with Crippen LogP contribution in [0.3, 0.4) is 0 Å². The zero-order valence-electron chi connectivity index (χ0n) is 10.5. The Kier molecular flexibility index (Phi) is 4.53. The van der Waals surface area contributed by atoms with E-state index in [0.29, 0.717) is 5.56 Å². The Bertz CT molecular complexity index is 603. The van der Waals surface area contributed by atoms with Gasteiger partial charge in [0.25, 0.3) is 0 Å². The molecule has 2 aromatic rings. The Balaban J connectivity index is 2.23. The van der Waals surface area contributed by atoms with Crippen LogP contribution in [0.1, 0.15) is 15.9 Å². The summed E-state index contributed by atoms with van der Waals surface area (Å²) in [6.07, 6.45) is 3.32. The molecule has 96 valence electrons. The van der Waals surface area contributed by atoms with Gasteiger partial charge in [-0.1, -0.05) is 46.3 Å². The Labute approximate surface area is 120 Å². The van der Waals surface area contributed by atoms with Crippen molar-refractivity contribution in [2.45, 2.75) is 0 Å². The molecule has 0 spiro atoms. The van der Waals surface area contributed by atoms with Gasteiger partial charge in [-0.3, -0.25) is 4.79 Å². The fourth-order valence-corrected chi connectivity index (χ4v) is 2.08. The van der Waals surface area contributed by atoms with Crippen LogP contribution < -0.4 is 4.74 Å². The minimum Gasteiger partial charge on any atom is -0.496 e. The first-order chi connectivity index (χ1) is 9.20. The Hall–Kier alpha value is -1.87. The van der Waals surface area contributed by atoms with E-state index in [1.165, 1.54) is 0 Å². The van der Waals surface area contributed by atoms with Crippen molar-refractivity contribution in [2.24, 2.45) is 0 Å². The molecular formula is C16H13BrO2. The van der Waals surface area contributed by atoms with Crippen LogP contribution in [-0.4, -0.2) is 12.9 Å². The normalized spacial score (nSPS) is 10.6. The first-order valence-electron chi connectivity index (χ1n) is 5.81. The van der Waals surface area contributed by atoms with Gasteiger partial charge in [-0.25, -0.2) is 0 Å². The molecule has 0 atom stereocenters. The van der Waals surface area contributed by atoms with E-state index >= 15 is 0 Å². The van der Waals surface area contributed by atoms with Crippen molar-refractivity contribution in [2.75, 3.05) is 7.11 Å². The average Bonchev–Trinajstić information content (AvgIpc) is 2.46. The molecule has 0 saturated carbocycles. The molecule has 0 unspecified atom stereocenters. The summed E-state index contributed by atoms with van der Waals surface area (Å²) in [5.41, 5.74) is 1.54. The van der Waals surface area contributed by atoms with E-state index < -0.39 is 0 Å². The number of benzene rings is 2. The number of ether oxygens (including phenoxy) is 1. The second-order valence-electron chi connectivity index (χ2n) is 3.95. The predicted octanol–water partition coefficient (Wildman–Crippen LogP) is 4.35. The van der Waals surface area contributed by atoms with Gasteiger partial charge in [0.2, 0.25) is 0 Å². The molecule has 0 amide bonds. The summed E-state index contributed by atoms with van der Waals surface area (Å²) in [6, 6.07) is 14.8. The third-order valence-electron chi connectivity index (χ3n) is 2.66. The second-order valence-corrected chi connectivity index (χ2v) is 4.87. The zero-order valence-corrected chi connectivity index (χ0v) is 12.1. The van der Waals surface area contributed by atoms with Crippen molar-refractivity contribution in [1.29, 1.82) is 0 Å². The maximum Gasteiger partial charge on any atom is 0.185 e. The number of rotatable bonds is 4. The minimum atomic E-state index is -0.0253. The molecular weight excluding hydrogens is 304 g/mol. The highest BCUT2D eigenvalue weighted by atomic mass is 79.9. The number of ketones is 1. The van der Waals surface area contributed by atoms with Crippen molar-refractivity contribution in [3.8, 4) is 5.75 Å². The zero-order chi connectivity index (χ0) is 13.7. The first-order valence-corrected chi connectivity index (χ1v) is 6.61. The van der Waals surface area contributed by atoms with Crippen molar-refractivity contribution < 1.29 is 9.53 Å². The van der Waals surface area contributed by atoms with Gasteiger partial charge < -0.3 is 4.74 Å². The lowest BCUT2D eigenvalue weighted by Crippen LogP contribution is -1.93. The average molecular weight is 317 g/mol. The maximum absolute atomic E-state index is 12.0. The molecule has 2 nitrogen and oxygen atoms in total. The molecule has 0 heterocycles. The second kappa shape index (κ2) is 6.34. The fraction of sp³-hybridized carbons (Fsp3) is 0.0625. The molecule has 0 aliphatic rings. The number of carbonyl (C=O) groups excluding carboxylic acids is 1. The molecule has 2 rings (SSSR count). The molecule has 0 saturated heterocycles. The van der Waals surface area contributed by atoms with E-state index in [1.54, 1.807) is 31.4 Å². The summed E-state index contributed by atoms with van der Waals surface area (Å²) in [4.78, 5) is 12.0. The SMILES string of the molecule is COc1ccc(Br)cc1/C=C\C(=O)c1ccccc1. The molecule has 0 aromatic heterocycles. The van der Waals surface area contributed by atoms with Crippen LogP contribution in [0.5, 0.6) is 5.75 Å². The van der Waals surface area contributed by atoms with Gasteiger partial charge in [0.1, 0.15) is 5.75 Å². The topological polar surface area (TPSA) is 26.3 Å². The lowest BCUT2D eigenvalue weighted by Gasteiger charge is -2.04. The van der Waals surface area contributed by atoms with Gasteiger partial charge in [-0.05, 0) is 30.4 Å². The Morgan fingerprint density at radius 2 is 1.89 bits per heavy atom. The summed E-state index contributed by atoms with van der Waals surface area (Å²) in [5, 5.41) is 0. The van der Waals surface area contributed by atoms with Gasteiger partial charge in [0.05, 0.1) is 7.11 Å². The van der Waals surface area contributed by atoms with Gasteiger partial charge >= 0.3 is 0 Å². The standard InChI is InChI=1S/C16H13BrO2/c1-19-16-10-8-14(17)11-13(16)7-9-15(18)12-5-3-2-4-6-12/h2-11H,1H3/b9-7-. The highest BCUT2D eigenvalue weighted by molar-refractivity contribution is 9.10. The van der Waals surface area contributed by atoms with Crippen LogP contribution in [0.15, 0.2) is 59.1 Å². The summed E-state index contributed by atoms with van der Waals surface area (Å²) < 4.78 is 6.20. The van der Waals surface area contributed by atoms with Gasteiger partial charge in [-0.2, -0.15) is 0 Å². The van der Waals surface area contributed by atoms with Gasteiger partial charge in [-0.15, -0.1) is 0 Å². The van der Waals surface area contributed by atoms with E-state index in [-0.39, 0.29) is 5.78 Å². The summed E-state index contributed by atoms with van der Waals surface area (Å²) in [7, 11) is 1.61. The minimum absolute atomic E-state index is 0.0253.